The molecule has 2 N–H and O–H groups in total. The lowest BCUT2D eigenvalue weighted by Crippen LogP contribution is -2.48. The van der Waals surface area contributed by atoms with Crippen LogP contribution in [0.2, 0.25) is 0 Å². The molecule has 3 rings (SSSR count). The molecule has 2 amide bonds. The molecule has 1 aromatic carbocycles. The highest BCUT2D eigenvalue weighted by atomic mass is 32.2. The Morgan fingerprint density at radius 1 is 1.39 bits per heavy atom. The zero-order chi connectivity index (χ0) is 16.3. The van der Waals surface area contributed by atoms with Crippen LogP contribution in [0.3, 0.4) is 0 Å². The third kappa shape index (κ3) is 3.77. The molecule has 4 nitrogen and oxygen atoms in total. The van der Waals surface area contributed by atoms with Gasteiger partial charge in [0.05, 0.1) is 12.6 Å². The lowest BCUT2D eigenvalue weighted by molar-refractivity contribution is 0.233. The summed E-state index contributed by atoms with van der Waals surface area (Å²) in [4.78, 5) is 12.2. The zero-order valence-corrected chi connectivity index (χ0v) is 14.8. The van der Waals surface area contributed by atoms with E-state index in [2.05, 4.69) is 23.0 Å². The van der Waals surface area contributed by atoms with Gasteiger partial charge in [0.1, 0.15) is 5.75 Å². The third-order valence-corrected chi connectivity index (χ3v) is 6.47. The van der Waals surface area contributed by atoms with Crippen LogP contribution in [0.4, 0.5) is 4.79 Å². The fourth-order valence-corrected chi connectivity index (χ4v) is 4.16. The van der Waals surface area contributed by atoms with E-state index in [1.165, 1.54) is 24.8 Å². The first-order valence-electron chi connectivity index (χ1n) is 8.47. The summed E-state index contributed by atoms with van der Waals surface area (Å²) in [6.07, 6.45) is 7.94. The Bertz CT molecular complexity index is 567. The molecule has 1 unspecified atom stereocenters. The zero-order valence-electron chi connectivity index (χ0n) is 14.0. The van der Waals surface area contributed by atoms with Gasteiger partial charge < -0.3 is 15.4 Å². The molecule has 0 saturated heterocycles. The van der Waals surface area contributed by atoms with Crippen molar-refractivity contribution >= 4 is 17.8 Å². The van der Waals surface area contributed by atoms with Crippen LogP contribution in [0, 0.1) is 0 Å². The number of hydrogen-bond acceptors (Lipinski definition) is 3. The van der Waals surface area contributed by atoms with Gasteiger partial charge in [0, 0.05) is 11.3 Å². The predicted octanol–water partition coefficient (Wildman–Crippen LogP) is 3.66. The van der Waals surface area contributed by atoms with E-state index in [9.17, 15) is 4.79 Å². The second-order valence-corrected chi connectivity index (χ2v) is 7.88. The Labute approximate surface area is 142 Å². The Hall–Kier alpha value is -1.36. The van der Waals surface area contributed by atoms with Crippen LogP contribution in [0.15, 0.2) is 18.2 Å². The molecule has 5 heteroatoms. The molecule has 1 aliphatic heterocycles. The fraction of sp³-hybridized carbons (Fsp3) is 0.611. The first-order chi connectivity index (χ1) is 11.1. The minimum absolute atomic E-state index is 0.00570. The molecule has 1 aromatic rings. The Morgan fingerprint density at radius 3 is 2.91 bits per heavy atom. The van der Waals surface area contributed by atoms with E-state index in [1.807, 2.05) is 30.8 Å². The van der Waals surface area contributed by atoms with Gasteiger partial charge in [-0.25, -0.2) is 4.79 Å². The summed E-state index contributed by atoms with van der Waals surface area (Å²) in [7, 11) is 0. The van der Waals surface area contributed by atoms with Crippen molar-refractivity contribution in [2.75, 3.05) is 19.4 Å². The average molecular weight is 334 g/mol. The van der Waals surface area contributed by atoms with Crippen molar-refractivity contribution in [1.82, 2.24) is 10.6 Å². The smallest absolute Gasteiger partial charge is 0.315 e. The van der Waals surface area contributed by atoms with Crippen LogP contribution in [-0.4, -0.2) is 30.2 Å². The van der Waals surface area contributed by atoms with Crippen LogP contribution in [0.5, 0.6) is 5.75 Å². The van der Waals surface area contributed by atoms with Crippen LogP contribution in [-0.2, 0) is 6.42 Å². The van der Waals surface area contributed by atoms with Gasteiger partial charge in [0.25, 0.3) is 0 Å². The van der Waals surface area contributed by atoms with Crippen molar-refractivity contribution in [3.63, 3.8) is 0 Å². The number of rotatable bonds is 5. The van der Waals surface area contributed by atoms with Crippen molar-refractivity contribution in [2.45, 2.75) is 49.8 Å². The first-order valence-corrected chi connectivity index (χ1v) is 9.69. The normalized spacial score (nSPS) is 19.7. The quantitative estimate of drug-likeness (QED) is 0.864. The molecule has 0 bridgehead atoms. The van der Waals surface area contributed by atoms with E-state index in [-0.39, 0.29) is 16.8 Å². The van der Waals surface area contributed by atoms with Crippen LogP contribution < -0.4 is 15.4 Å². The highest BCUT2D eigenvalue weighted by molar-refractivity contribution is 8.00. The maximum atomic E-state index is 12.2. The molecule has 1 saturated carbocycles. The van der Waals surface area contributed by atoms with Crippen LogP contribution in [0.1, 0.15) is 49.8 Å². The molecule has 0 spiro atoms. The number of aryl methyl sites for hydroxylation is 1. The van der Waals surface area contributed by atoms with Gasteiger partial charge in [-0.3, -0.25) is 0 Å². The van der Waals surface area contributed by atoms with Gasteiger partial charge in [0.15, 0.2) is 0 Å². The number of amides is 2. The Kier molecular flexibility index (Phi) is 5.05. The maximum Gasteiger partial charge on any atom is 0.315 e. The molecule has 1 fully saturated rings. The number of nitrogens with one attached hydrogen (secondary N) is 2. The lowest BCUT2D eigenvalue weighted by atomic mass is 9.84. The molecule has 0 radical (unpaired) electrons. The SMILES string of the molecule is CSC1(CNC(=O)NC(C)c2ccc3c(c2)CCCO3)CCC1. The minimum Gasteiger partial charge on any atom is -0.493 e. The number of thioether (sulfide) groups is 1. The number of carbonyl (C=O) groups is 1. The minimum atomic E-state index is -0.0770. The van der Waals surface area contributed by atoms with E-state index >= 15 is 0 Å². The van der Waals surface area contributed by atoms with Crippen molar-refractivity contribution in [3.05, 3.63) is 29.3 Å². The molecule has 23 heavy (non-hydrogen) atoms. The number of ether oxygens (including phenoxy) is 1. The highest BCUT2D eigenvalue weighted by Gasteiger charge is 2.36. The van der Waals surface area contributed by atoms with Crippen molar-refractivity contribution in [3.8, 4) is 5.75 Å². The summed E-state index contributed by atoms with van der Waals surface area (Å²) in [5.41, 5.74) is 2.38. The number of urea groups is 1. The summed E-state index contributed by atoms with van der Waals surface area (Å²) in [5, 5.41) is 6.09. The molecule has 1 aliphatic carbocycles. The summed E-state index contributed by atoms with van der Waals surface area (Å²) in [6, 6.07) is 6.15. The standard InChI is InChI=1S/C18H26N2O2S/c1-13(14-6-7-16-15(11-14)5-3-10-22-16)20-17(21)19-12-18(23-2)8-4-9-18/h6-7,11,13H,3-5,8-10,12H2,1-2H3,(H2,19,20,21). The van der Waals surface area contributed by atoms with Gasteiger partial charge >= 0.3 is 6.03 Å². The molecule has 0 aromatic heterocycles. The van der Waals surface area contributed by atoms with E-state index in [0.29, 0.717) is 0 Å². The van der Waals surface area contributed by atoms with Gasteiger partial charge in [-0.15, -0.1) is 0 Å². The van der Waals surface area contributed by atoms with Gasteiger partial charge in [-0.2, -0.15) is 11.8 Å². The van der Waals surface area contributed by atoms with Gasteiger partial charge in [-0.1, -0.05) is 18.6 Å². The number of benzene rings is 1. The highest BCUT2D eigenvalue weighted by Crippen LogP contribution is 2.42. The third-order valence-electron chi connectivity index (χ3n) is 5.05. The molecular weight excluding hydrogens is 308 g/mol. The van der Waals surface area contributed by atoms with E-state index in [0.717, 1.165) is 37.3 Å². The number of carbonyl (C=O) groups excluding carboxylic acids is 1. The molecule has 2 aliphatic rings. The second-order valence-electron chi connectivity index (χ2n) is 6.61. The van der Waals surface area contributed by atoms with Crippen LogP contribution in [0.25, 0.3) is 0 Å². The molecule has 1 heterocycles. The van der Waals surface area contributed by atoms with Crippen molar-refractivity contribution < 1.29 is 9.53 Å². The maximum absolute atomic E-state index is 12.2. The Balaban J connectivity index is 1.54. The largest absolute Gasteiger partial charge is 0.493 e. The monoisotopic (exact) mass is 334 g/mol. The number of hydrogen-bond donors (Lipinski definition) is 2. The second kappa shape index (κ2) is 7.04. The van der Waals surface area contributed by atoms with Gasteiger partial charge in [0.2, 0.25) is 0 Å². The lowest BCUT2D eigenvalue weighted by Gasteiger charge is -2.40. The molecule has 126 valence electrons. The van der Waals surface area contributed by atoms with E-state index < -0.39 is 0 Å². The predicted molar refractivity (Wildman–Crippen MR) is 95.3 cm³/mol. The van der Waals surface area contributed by atoms with E-state index in [1.54, 1.807) is 0 Å². The number of fused-ring (bicyclic) bond motifs is 1. The summed E-state index contributed by atoms with van der Waals surface area (Å²) >= 11 is 1.88. The van der Waals surface area contributed by atoms with Gasteiger partial charge in [-0.05, 0) is 56.1 Å². The Morgan fingerprint density at radius 2 is 2.22 bits per heavy atom. The van der Waals surface area contributed by atoms with Crippen LogP contribution >= 0.6 is 11.8 Å². The molecule has 1 atom stereocenters. The molecular formula is C18H26N2O2S. The first kappa shape index (κ1) is 16.5. The summed E-state index contributed by atoms with van der Waals surface area (Å²) in [6.45, 7) is 3.59. The van der Waals surface area contributed by atoms with E-state index in [4.69, 9.17) is 4.74 Å². The topological polar surface area (TPSA) is 50.4 Å². The summed E-state index contributed by atoms with van der Waals surface area (Å²) in [5.74, 6) is 0.989. The average Bonchev–Trinajstić information content (AvgIpc) is 2.53. The fourth-order valence-electron chi connectivity index (χ4n) is 3.25. The van der Waals surface area contributed by atoms with Crippen molar-refractivity contribution in [1.29, 1.82) is 0 Å². The van der Waals surface area contributed by atoms with Crippen molar-refractivity contribution in [2.24, 2.45) is 0 Å². The summed E-state index contributed by atoms with van der Waals surface area (Å²) < 4.78 is 5.91.